The molecule has 1 aromatic carbocycles. The Morgan fingerprint density at radius 3 is 2.80 bits per heavy atom. The molecule has 1 aliphatic heterocycles. The fourth-order valence-corrected chi connectivity index (χ4v) is 2.24. The second kappa shape index (κ2) is 4.99. The molecule has 1 fully saturated rings. The van der Waals surface area contributed by atoms with Crippen molar-refractivity contribution in [3.05, 3.63) is 30.1 Å². The highest BCUT2D eigenvalue weighted by molar-refractivity contribution is 5.92. The number of carbonyl (C=O) groups excluding carboxylic acids is 1. The van der Waals surface area contributed by atoms with Gasteiger partial charge in [-0.3, -0.25) is 4.79 Å². The maximum Gasteiger partial charge on any atom is 0.297 e. The summed E-state index contributed by atoms with van der Waals surface area (Å²) in [4.78, 5) is 21.0. The lowest BCUT2D eigenvalue weighted by molar-refractivity contribution is -0.120. The first-order valence-electron chi connectivity index (χ1n) is 6.21. The third-order valence-corrected chi connectivity index (χ3v) is 3.13. The van der Waals surface area contributed by atoms with Crippen LogP contribution in [0.3, 0.4) is 0 Å². The first-order valence-corrected chi connectivity index (χ1v) is 6.21. The molecule has 0 saturated carbocycles. The number of nitrogens with one attached hydrogen (secondary N) is 1. The Balaban J connectivity index is 2.14. The van der Waals surface area contributed by atoms with Crippen LogP contribution in [-0.2, 0) is 4.79 Å². The lowest BCUT2D eigenvalue weighted by Crippen LogP contribution is -2.48. The van der Waals surface area contributed by atoms with Crippen molar-refractivity contribution in [2.45, 2.75) is 6.43 Å². The largest absolute Gasteiger partial charge is 0.353 e. The number of alkyl halides is 2. The maximum atomic E-state index is 12.9. The number of aromatic nitrogens is 2. The molecule has 1 aromatic heterocycles. The highest BCUT2D eigenvalue weighted by Crippen LogP contribution is 2.27. The van der Waals surface area contributed by atoms with Crippen LogP contribution in [0, 0.1) is 0 Å². The number of nitrogens with zero attached hydrogens (tertiary/aromatic N) is 3. The fraction of sp³-hybridized carbons (Fsp3) is 0.308. The monoisotopic (exact) mass is 278 g/mol. The molecule has 0 bridgehead atoms. The van der Waals surface area contributed by atoms with Gasteiger partial charge in [-0.15, -0.1) is 0 Å². The van der Waals surface area contributed by atoms with Crippen LogP contribution in [0.2, 0.25) is 0 Å². The third-order valence-electron chi connectivity index (χ3n) is 3.13. The molecule has 1 aliphatic rings. The van der Waals surface area contributed by atoms with Gasteiger partial charge in [-0.05, 0) is 12.1 Å². The van der Waals surface area contributed by atoms with E-state index in [4.69, 9.17) is 0 Å². The predicted octanol–water partition coefficient (Wildman–Crippen LogP) is 1.50. The molecule has 1 N–H and O–H groups in total. The molecule has 7 heteroatoms. The van der Waals surface area contributed by atoms with E-state index < -0.39 is 12.2 Å². The second-order valence-electron chi connectivity index (χ2n) is 4.49. The molecule has 1 amide bonds. The van der Waals surface area contributed by atoms with Crippen molar-refractivity contribution in [1.29, 1.82) is 0 Å². The third kappa shape index (κ3) is 2.26. The Kier molecular flexibility index (Phi) is 3.17. The quantitative estimate of drug-likeness (QED) is 0.904. The summed E-state index contributed by atoms with van der Waals surface area (Å²) in [7, 11) is 0. The van der Waals surface area contributed by atoms with E-state index in [1.165, 1.54) is 0 Å². The Labute approximate surface area is 113 Å². The second-order valence-corrected chi connectivity index (χ2v) is 4.49. The molecule has 5 nitrogen and oxygen atoms in total. The molecule has 0 unspecified atom stereocenters. The van der Waals surface area contributed by atoms with Crippen molar-refractivity contribution in [2.24, 2.45) is 0 Å². The van der Waals surface area contributed by atoms with E-state index in [1.54, 1.807) is 29.2 Å². The molecule has 2 aromatic rings. The summed E-state index contributed by atoms with van der Waals surface area (Å²) < 4.78 is 25.8. The van der Waals surface area contributed by atoms with Crippen LogP contribution in [0.5, 0.6) is 0 Å². The van der Waals surface area contributed by atoms with Crippen molar-refractivity contribution >= 4 is 22.6 Å². The minimum Gasteiger partial charge on any atom is -0.353 e. The molecule has 0 aliphatic carbocycles. The van der Waals surface area contributed by atoms with E-state index in [-0.39, 0.29) is 12.5 Å². The SMILES string of the molecule is O=C1CN(c2nc(C(F)F)nc3ccccc23)CCN1. The van der Waals surface area contributed by atoms with Gasteiger partial charge in [0.15, 0.2) is 5.82 Å². The number of anilines is 1. The number of benzene rings is 1. The molecular formula is C13H12F2N4O. The zero-order chi connectivity index (χ0) is 14.1. The van der Waals surface area contributed by atoms with Crippen molar-refractivity contribution in [1.82, 2.24) is 15.3 Å². The molecular weight excluding hydrogens is 266 g/mol. The van der Waals surface area contributed by atoms with E-state index in [0.717, 1.165) is 0 Å². The van der Waals surface area contributed by atoms with E-state index in [2.05, 4.69) is 15.3 Å². The number of piperazine rings is 1. The van der Waals surface area contributed by atoms with Gasteiger partial charge in [0.05, 0.1) is 12.1 Å². The van der Waals surface area contributed by atoms with Crippen LogP contribution in [0.25, 0.3) is 10.9 Å². The fourth-order valence-electron chi connectivity index (χ4n) is 2.24. The maximum absolute atomic E-state index is 12.9. The first-order chi connectivity index (χ1) is 9.65. The molecule has 3 rings (SSSR count). The summed E-state index contributed by atoms with van der Waals surface area (Å²) in [6.07, 6.45) is -2.74. The summed E-state index contributed by atoms with van der Waals surface area (Å²) in [5.74, 6) is -0.261. The van der Waals surface area contributed by atoms with Gasteiger partial charge in [-0.1, -0.05) is 12.1 Å². The number of carbonyl (C=O) groups is 1. The van der Waals surface area contributed by atoms with Gasteiger partial charge in [-0.25, -0.2) is 18.7 Å². The highest BCUT2D eigenvalue weighted by Gasteiger charge is 2.22. The zero-order valence-electron chi connectivity index (χ0n) is 10.5. The van der Waals surface area contributed by atoms with E-state index in [1.807, 2.05) is 0 Å². The molecule has 0 radical (unpaired) electrons. The first kappa shape index (κ1) is 12.7. The Morgan fingerprint density at radius 2 is 2.05 bits per heavy atom. The van der Waals surface area contributed by atoms with Gasteiger partial charge >= 0.3 is 0 Å². The number of fused-ring (bicyclic) bond motifs is 1. The number of amides is 1. The smallest absolute Gasteiger partial charge is 0.297 e. The van der Waals surface area contributed by atoms with Crippen molar-refractivity contribution < 1.29 is 13.6 Å². The van der Waals surface area contributed by atoms with Gasteiger partial charge in [-0.2, -0.15) is 0 Å². The lowest BCUT2D eigenvalue weighted by atomic mass is 10.2. The van der Waals surface area contributed by atoms with Gasteiger partial charge < -0.3 is 10.2 Å². The van der Waals surface area contributed by atoms with Crippen LogP contribution in [-0.4, -0.2) is 35.5 Å². The van der Waals surface area contributed by atoms with Crippen molar-refractivity contribution in [2.75, 3.05) is 24.5 Å². The zero-order valence-corrected chi connectivity index (χ0v) is 10.5. The Morgan fingerprint density at radius 1 is 1.25 bits per heavy atom. The average Bonchev–Trinajstić information content (AvgIpc) is 2.46. The number of rotatable bonds is 2. The summed E-state index contributed by atoms with van der Waals surface area (Å²) in [5, 5.41) is 3.37. The number of hydrogen-bond acceptors (Lipinski definition) is 4. The molecule has 2 heterocycles. The molecule has 1 saturated heterocycles. The van der Waals surface area contributed by atoms with Crippen LogP contribution in [0.4, 0.5) is 14.6 Å². The van der Waals surface area contributed by atoms with Gasteiger partial charge in [0, 0.05) is 18.5 Å². The lowest BCUT2D eigenvalue weighted by Gasteiger charge is -2.28. The molecule has 0 atom stereocenters. The van der Waals surface area contributed by atoms with Crippen LogP contribution in [0.15, 0.2) is 24.3 Å². The summed E-state index contributed by atoms with van der Waals surface area (Å²) in [6, 6.07) is 6.96. The van der Waals surface area contributed by atoms with Crippen LogP contribution < -0.4 is 10.2 Å². The van der Waals surface area contributed by atoms with E-state index in [0.29, 0.717) is 29.8 Å². The minimum absolute atomic E-state index is 0.115. The number of halogens is 2. The van der Waals surface area contributed by atoms with Crippen molar-refractivity contribution in [3.8, 4) is 0 Å². The van der Waals surface area contributed by atoms with Gasteiger partial charge in [0.2, 0.25) is 5.91 Å². The standard InChI is InChI=1S/C13H12F2N4O/c14-11(15)12-17-9-4-2-1-3-8(9)13(18-12)19-6-5-16-10(20)7-19/h1-4,11H,5-7H2,(H,16,20). The molecule has 104 valence electrons. The topological polar surface area (TPSA) is 58.1 Å². The van der Waals surface area contributed by atoms with E-state index >= 15 is 0 Å². The van der Waals surface area contributed by atoms with Gasteiger partial charge in [0.25, 0.3) is 6.43 Å². The molecule has 0 spiro atoms. The van der Waals surface area contributed by atoms with E-state index in [9.17, 15) is 13.6 Å². The highest BCUT2D eigenvalue weighted by atomic mass is 19.3. The molecule has 20 heavy (non-hydrogen) atoms. The summed E-state index contributed by atoms with van der Waals surface area (Å²) >= 11 is 0. The number of hydrogen-bond donors (Lipinski definition) is 1. The average molecular weight is 278 g/mol. The van der Waals surface area contributed by atoms with Crippen molar-refractivity contribution in [3.63, 3.8) is 0 Å². The minimum atomic E-state index is -2.74. The normalized spacial score (nSPS) is 15.8. The summed E-state index contributed by atoms with van der Waals surface area (Å²) in [6.45, 7) is 1.13. The van der Waals surface area contributed by atoms with Crippen LogP contribution >= 0.6 is 0 Å². The Bertz CT molecular complexity index is 662. The Hall–Kier alpha value is -2.31. The van der Waals surface area contributed by atoms with Crippen LogP contribution in [0.1, 0.15) is 12.2 Å². The number of para-hydroxylation sites is 1. The summed E-state index contributed by atoms with van der Waals surface area (Å²) in [5.41, 5.74) is 0.457. The predicted molar refractivity (Wildman–Crippen MR) is 69.7 cm³/mol. The van der Waals surface area contributed by atoms with Gasteiger partial charge in [0.1, 0.15) is 5.82 Å².